The molecule has 1 amide bonds. The summed E-state index contributed by atoms with van der Waals surface area (Å²) < 4.78 is 0. The molecule has 31 heavy (non-hydrogen) atoms. The maximum Gasteiger partial charge on any atom is 0.258 e. The number of pyridine rings is 1. The van der Waals surface area contributed by atoms with E-state index in [-0.39, 0.29) is 12.1 Å². The number of piperidine rings is 1. The smallest absolute Gasteiger partial charge is 0.258 e. The minimum atomic E-state index is -0.199. The van der Waals surface area contributed by atoms with Crippen LogP contribution in [0.5, 0.6) is 0 Å². The van der Waals surface area contributed by atoms with Gasteiger partial charge < -0.3 is 10.6 Å². The molecule has 2 N–H and O–H groups in total. The Balaban J connectivity index is 1.55. The van der Waals surface area contributed by atoms with Gasteiger partial charge in [-0.1, -0.05) is 60.5 Å². The molecule has 3 aromatic rings. The molecule has 6 heteroatoms. The number of benzene rings is 2. The molecule has 0 radical (unpaired) electrons. The van der Waals surface area contributed by atoms with Gasteiger partial charge >= 0.3 is 0 Å². The van der Waals surface area contributed by atoms with Crippen LogP contribution in [-0.2, 0) is 6.42 Å². The summed E-state index contributed by atoms with van der Waals surface area (Å²) in [5.41, 5.74) is 2.69. The number of likely N-dealkylation sites (tertiary alicyclic amines) is 1. The van der Waals surface area contributed by atoms with Crippen LogP contribution in [0.1, 0.15) is 35.2 Å². The fourth-order valence-electron chi connectivity index (χ4n) is 3.96. The Bertz CT molecular complexity index is 988. The molecule has 1 aliphatic heterocycles. The van der Waals surface area contributed by atoms with Gasteiger partial charge in [0.2, 0.25) is 0 Å². The summed E-state index contributed by atoms with van der Waals surface area (Å²) in [5, 5.41) is 7.06. The number of nitrogens with zero attached hydrogens (tertiary/aromatic N) is 2. The summed E-state index contributed by atoms with van der Waals surface area (Å²) in [6.07, 6.45) is 6.20. The fraction of sp³-hybridized carbons (Fsp3) is 0.280. The van der Waals surface area contributed by atoms with Crippen molar-refractivity contribution >= 4 is 29.0 Å². The van der Waals surface area contributed by atoms with Gasteiger partial charge in [-0.15, -0.1) is 0 Å². The van der Waals surface area contributed by atoms with Crippen LogP contribution >= 0.6 is 11.6 Å². The van der Waals surface area contributed by atoms with Crippen molar-refractivity contribution in [3.8, 4) is 0 Å². The summed E-state index contributed by atoms with van der Waals surface area (Å²) in [4.78, 5) is 19.7. The molecule has 2 aromatic carbocycles. The van der Waals surface area contributed by atoms with Gasteiger partial charge in [-0.25, -0.2) is 4.98 Å². The molecule has 1 atom stereocenters. The second-order valence-electron chi connectivity index (χ2n) is 7.81. The van der Waals surface area contributed by atoms with E-state index >= 15 is 0 Å². The summed E-state index contributed by atoms with van der Waals surface area (Å²) in [6, 6.07) is 21.5. The van der Waals surface area contributed by atoms with Crippen molar-refractivity contribution in [2.45, 2.75) is 31.8 Å². The van der Waals surface area contributed by atoms with E-state index in [1.807, 2.05) is 30.3 Å². The molecule has 2 heterocycles. The van der Waals surface area contributed by atoms with E-state index in [2.05, 4.69) is 44.8 Å². The van der Waals surface area contributed by atoms with E-state index in [1.165, 1.54) is 31.0 Å². The van der Waals surface area contributed by atoms with Crippen LogP contribution in [0.2, 0.25) is 5.02 Å². The molecular formula is C25H27ClN4O. The minimum absolute atomic E-state index is 0.116. The minimum Gasteiger partial charge on any atom is -0.369 e. The standard InChI is InChI=1S/C25H27ClN4O/c26-20-13-14-23(27-18-20)29-25(31)21-11-5-6-12-22(21)28-24(30-15-7-2-8-16-30)17-19-9-3-1-4-10-19/h1,3-6,9-14,18,24,28H,2,7-8,15-17H2,(H,27,29,31). The molecule has 0 bridgehead atoms. The number of amides is 1. The predicted octanol–water partition coefficient (Wildman–Crippen LogP) is 5.45. The second kappa shape index (κ2) is 10.4. The predicted molar refractivity (Wildman–Crippen MR) is 127 cm³/mol. The number of carbonyl (C=O) groups excluding carboxylic acids is 1. The van der Waals surface area contributed by atoms with E-state index < -0.39 is 0 Å². The first-order valence-electron chi connectivity index (χ1n) is 10.8. The molecule has 1 fully saturated rings. The molecule has 1 unspecified atom stereocenters. The molecule has 0 aliphatic carbocycles. The highest BCUT2D eigenvalue weighted by Gasteiger charge is 2.23. The molecule has 4 rings (SSSR count). The highest BCUT2D eigenvalue weighted by atomic mass is 35.5. The van der Waals surface area contributed by atoms with Gasteiger partial charge in [0, 0.05) is 31.4 Å². The lowest BCUT2D eigenvalue weighted by Gasteiger charge is -2.36. The number of anilines is 2. The molecule has 0 saturated carbocycles. The van der Waals surface area contributed by atoms with Crippen LogP contribution in [0.4, 0.5) is 11.5 Å². The second-order valence-corrected chi connectivity index (χ2v) is 8.24. The SMILES string of the molecule is O=C(Nc1ccc(Cl)cn1)c1ccccc1NC(Cc1ccccc1)N1CCCCC1. The maximum absolute atomic E-state index is 13.0. The van der Waals surface area contributed by atoms with Gasteiger partial charge in [-0.2, -0.15) is 0 Å². The Morgan fingerprint density at radius 3 is 2.45 bits per heavy atom. The number of rotatable bonds is 7. The summed E-state index contributed by atoms with van der Waals surface area (Å²) >= 11 is 5.90. The number of halogens is 1. The number of hydrogen-bond donors (Lipinski definition) is 2. The van der Waals surface area contributed by atoms with E-state index in [9.17, 15) is 4.79 Å². The lowest BCUT2D eigenvalue weighted by molar-refractivity contribution is 0.102. The first-order chi connectivity index (χ1) is 15.2. The molecule has 0 spiro atoms. The molecule has 1 saturated heterocycles. The Morgan fingerprint density at radius 2 is 1.71 bits per heavy atom. The van der Waals surface area contributed by atoms with E-state index in [0.29, 0.717) is 16.4 Å². The Morgan fingerprint density at radius 1 is 0.968 bits per heavy atom. The highest BCUT2D eigenvalue weighted by molar-refractivity contribution is 6.30. The average Bonchev–Trinajstić information content (AvgIpc) is 2.82. The van der Waals surface area contributed by atoms with Crippen molar-refractivity contribution in [1.29, 1.82) is 0 Å². The van der Waals surface area contributed by atoms with Gasteiger partial charge in [-0.3, -0.25) is 9.69 Å². The zero-order chi connectivity index (χ0) is 21.5. The normalized spacial score (nSPS) is 15.3. The third kappa shape index (κ3) is 5.84. The Hall–Kier alpha value is -2.89. The van der Waals surface area contributed by atoms with Gasteiger partial charge in [0.15, 0.2) is 0 Å². The van der Waals surface area contributed by atoms with Gasteiger partial charge in [-0.05, 0) is 42.7 Å². The quantitative estimate of drug-likeness (QED) is 0.518. The van der Waals surface area contributed by atoms with Crippen LogP contribution in [0.25, 0.3) is 0 Å². The number of carbonyl (C=O) groups is 1. The molecule has 1 aromatic heterocycles. The van der Waals surface area contributed by atoms with Crippen molar-refractivity contribution in [3.63, 3.8) is 0 Å². The first-order valence-corrected chi connectivity index (χ1v) is 11.1. The summed E-state index contributed by atoms with van der Waals surface area (Å²) in [6.45, 7) is 2.13. The molecule has 1 aliphatic rings. The Kier molecular flexibility index (Phi) is 7.18. The lowest BCUT2D eigenvalue weighted by atomic mass is 10.0. The van der Waals surface area contributed by atoms with Crippen molar-refractivity contribution in [3.05, 3.63) is 89.1 Å². The van der Waals surface area contributed by atoms with Crippen LogP contribution < -0.4 is 10.6 Å². The number of hydrogen-bond acceptors (Lipinski definition) is 4. The Labute approximate surface area is 188 Å². The molecular weight excluding hydrogens is 408 g/mol. The topological polar surface area (TPSA) is 57.3 Å². The largest absolute Gasteiger partial charge is 0.369 e. The zero-order valence-electron chi connectivity index (χ0n) is 17.4. The van der Waals surface area contributed by atoms with E-state index in [1.54, 1.807) is 12.1 Å². The third-order valence-electron chi connectivity index (χ3n) is 5.57. The van der Waals surface area contributed by atoms with Crippen molar-refractivity contribution < 1.29 is 4.79 Å². The number of aromatic nitrogens is 1. The monoisotopic (exact) mass is 434 g/mol. The van der Waals surface area contributed by atoms with Gasteiger partial charge in [0.25, 0.3) is 5.91 Å². The van der Waals surface area contributed by atoms with Crippen LogP contribution in [0, 0.1) is 0 Å². The maximum atomic E-state index is 13.0. The molecule has 160 valence electrons. The summed E-state index contributed by atoms with van der Waals surface area (Å²) in [7, 11) is 0. The van der Waals surface area contributed by atoms with Gasteiger partial charge in [0.1, 0.15) is 5.82 Å². The number of nitrogens with one attached hydrogen (secondary N) is 2. The number of para-hydroxylation sites is 1. The third-order valence-corrected chi connectivity index (χ3v) is 5.79. The fourth-order valence-corrected chi connectivity index (χ4v) is 4.07. The van der Waals surface area contributed by atoms with Crippen molar-refractivity contribution in [2.75, 3.05) is 23.7 Å². The zero-order valence-corrected chi connectivity index (χ0v) is 18.2. The van der Waals surface area contributed by atoms with Crippen LogP contribution in [0.15, 0.2) is 72.9 Å². The van der Waals surface area contributed by atoms with Gasteiger partial charge in [0.05, 0.1) is 16.8 Å². The average molecular weight is 435 g/mol. The van der Waals surface area contributed by atoms with Crippen molar-refractivity contribution in [1.82, 2.24) is 9.88 Å². The highest BCUT2D eigenvalue weighted by Crippen LogP contribution is 2.22. The van der Waals surface area contributed by atoms with E-state index in [0.717, 1.165) is 25.2 Å². The lowest BCUT2D eigenvalue weighted by Crippen LogP contribution is -2.45. The van der Waals surface area contributed by atoms with Crippen molar-refractivity contribution in [2.24, 2.45) is 0 Å². The first kappa shape index (κ1) is 21.3. The van der Waals surface area contributed by atoms with Crippen LogP contribution in [0.3, 0.4) is 0 Å². The summed E-state index contributed by atoms with van der Waals surface area (Å²) in [5.74, 6) is 0.274. The molecule has 5 nitrogen and oxygen atoms in total. The van der Waals surface area contributed by atoms with Crippen LogP contribution in [-0.4, -0.2) is 35.0 Å². The van der Waals surface area contributed by atoms with E-state index in [4.69, 9.17) is 11.6 Å².